The predicted octanol–water partition coefficient (Wildman–Crippen LogP) is 3.80. The van der Waals surface area contributed by atoms with Crippen molar-refractivity contribution < 1.29 is 18.7 Å². The summed E-state index contributed by atoms with van der Waals surface area (Å²) in [5.41, 5.74) is 1.68. The molecule has 37 heavy (non-hydrogen) atoms. The van der Waals surface area contributed by atoms with Crippen LogP contribution in [0.1, 0.15) is 41.2 Å². The fraction of sp³-hybridized carbons (Fsp3) is 0.308. The van der Waals surface area contributed by atoms with E-state index in [4.69, 9.17) is 0 Å². The summed E-state index contributed by atoms with van der Waals surface area (Å²) < 4.78 is 28.4. The van der Waals surface area contributed by atoms with Crippen LogP contribution in [0.2, 0.25) is 0 Å². The number of amides is 1. The maximum Gasteiger partial charge on any atom is 0.257 e. The molecule has 9 nitrogen and oxygen atoms in total. The number of halogens is 2. The number of carbonyl (C=O) groups is 1. The van der Waals surface area contributed by atoms with Crippen molar-refractivity contribution in [3.63, 3.8) is 0 Å². The molecule has 1 aromatic carbocycles. The Morgan fingerprint density at radius 3 is 2.76 bits per heavy atom. The van der Waals surface area contributed by atoms with Gasteiger partial charge in [0.05, 0.1) is 35.0 Å². The number of rotatable bonds is 5. The number of hydrogen-bond donors (Lipinski definition) is 3. The first-order valence-electron chi connectivity index (χ1n) is 12.2. The van der Waals surface area contributed by atoms with Crippen LogP contribution in [0.5, 0.6) is 0 Å². The van der Waals surface area contributed by atoms with Crippen molar-refractivity contribution in [3.8, 4) is 0 Å². The number of aromatic amines is 1. The van der Waals surface area contributed by atoms with Gasteiger partial charge in [-0.05, 0) is 55.7 Å². The van der Waals surface area contributed by atoms with Crippen molar-refractivity contribution in [1.82, 2.24) is 20.2 Å². The summed E-state index contributed by atoms with van der Waals surface area (Å²) in [6, 6.07) is 8.37. The number of β-amino-alcohol motifs (C(OH)–C–C–N with tert-alkyl or cyclic N) is 1. The zero-order valence-electron chi connectivity index (χ0n) is 19.9. The fourth-order valence-electron chi connectivity index (χ4n) is 5.15. The number of anilines is 3. The van der Waals surface area contributed by atoms with E-state index in [2.05, 4.69) is 25.5 Å². The van der Waals surface area contributed by atoms with Gasteiger partial charge in [0.15, 0.2) is 11.5 Å². The van der Waals surface area contributed by atoms with E-state index in [1.54, 1.807) is 18.2 Å². The Labute approximate surface area is 211 Å². The second-order valence-corrected chi connectivity index (χ2v) is 9.43. The first kappa shape index (κ1) is 23.3. The zero-order chi connectivity index (χ0) is 25.5. The second-order valence-electron chi connectivity index (χ2n) is 9.43. The number of pyridine rings is 2. The summed E-state index contributed by atoms with van der Waals surface area (Å²) in [6.07, 6.45) is 4.85. The van der Waals surface area contributed by atoms with Gasteiger partial charge in [-0.1, -0.05) is 0 Å². The molecular weight excluding hydrogens is 480 g/mol. The van der Waals surface area contributed by atoms with Gasteiger partial charge in [0.2, 0.25) is 0 Å². The number of nitrogens with zero attached hydrogens (tertiary/aromatic N) is 5. The summed E-state index contributed by atoms with van der Waals surface area (Å²) in [5.74, 6) is 0.0115. The Morgan fingerprint density at radius 1 is 1.08 bits per heavy atom. The van der Waals surface area contributed by atoms with Gasteiger partial charge < -0.3 is 20.2 Å². The monoisotopic (exact) mass is 505 g/mol. The molecular formula is C26H25F2N7O2. The first-order valence-corrected chi connectivity index (χ1v) is 12.2. The molecule has 2 saturated heterocycles. The van der Waals surface area contributed by atoms with Crippen molar-refractivity contribution in [2.45, 2.75) is 31.4 Å². The van der Waals surface area contributed by atoms with Gasteiger partial charge >= 0.3 is 0 Å². The van der Waals surface area contributed by atoms with E-state index < -0.39 is 11.6 Å². The maximum absolute atomic E-state index is 14.5. The molecule has 190 valence electrons. The van der Waals surface area contributed by atoms with E-state index in [0.717, 1.165) is 25.1 Å². The Balaban J connectivity index is 1.23. The lowest BCUT2D eigenvalue weighted by Gasteiger charge is -2.25. The molecule has 0 aliphatic carbocycles. The van der Waals surface area contributed by atoms with Crippen molar-refractivity contribution in [2.75, 3.05) is 34.8 Å². The lowest BCUT2D eigenvalue weighted by molar-refractivity contribution is 0.102. The molecule has 3 aromatic heterocycles. The van der Waals surface area contributed by atoms with E-state index in [1.165, 1.54) is 18.5 Å². The van der Waals surface area contributed by atoms with Crippen molar-refractivity contribution in [2.24, 2.45) is 0 Å². The van der Waals surface area contributed by atoms with Crippen LogP contribution in [0.15, 0.2) is 48.8 Å². The van der Waals surface area contributed by atoms with Gasteiger partial charge in [0, 0.05) is 31.4 Å². The van der Waals surface area contributed by atoms with Gasteiger partial charge in [-0.15, -0.1) is 0 Å². The van der Waals surface area contributed by atoms with Gasteiger partial charge in [-0.25, -0.2) is 18.7 Å². The van der Waals surface area contributed by atoms with Crippen LogP contribution in [0.25, 0.3) is 11.0 Å². The highest BCUT2D eigenvalue weighted by Crippen LogP contribution is 2.39. The van der Waals surface area contributed by atoms with Crippen LogP contribution in [0.3, 0.4) is 0 Å². The normalized spacial score (nSPS) is 19.6. The number of aromatic nitrogens is 4. The van der Waals surface area contributed by atoms with E-state index in [0.29, 0.717) is 65.4 Å². The van der Waals surface area contributed by atoms with Crippen LogP contribution in [-0.2, 0) is 0 Å². The molecule has 11 heteroatoms. The van der Waals surface area contributed by atoms with Crippen molar-refractivity contribution in [1.29, 1.82) is 0 Å². The predicted molar refractivity (Wildman–Crippen MR) is 135 cm³/mol. The molecule has 1 amide bonds. The Hall–Kier alpha value is -4.12. The zero-order valence-corrected chi connectivity index (χ0v) is 19.9. The summed E-state index contributed by atoms with van der Waals surface area (Å²) in [6.45, 7) is 1.88. The van der Waals surface area contributed by atoms with Crippen LogP contribution < -0.4 is 15.1 Å². The van der Waals surface area contributed by atoms with E-state index >= 15 is 0 Å². The standard InChI is InChI=1S/C26H25F2N7O2/c27-16-4-5-21(28)19(10-16)22-2-1-8-35(22)25-20-11-17(13-30-24(20)32-33-25)31-26(37)15-3-6-23(29-12-15)34-9-7-18(36)14-34/h3-6,10-13,18,22,36H,1-2,7-9,14H2,(H,31,37)(H,30,32,33)/t18-,22+/m0/s1. The van der Waals surface area contributed by atoms with Crippen LogP contribution in [0, 0.1) is 11.6 Å². The minimum Gasteiger partial charge on any atom is -0.391 e. The summed E-state index contributed by atoms with van der Waals surface area (Å²) in [5, 5.41) is 20.6. The third-order valence-electron chi connectivity index (χ3n) is 6.99. The molecule has 2 atom stereocenters. The second kappa shape index (κ2) is 9.40. The number of H-pyrrole nitrogens is 1. The van der Waals surface area contributed by atoms with E-state index in [9.17, 15) is 18.7 Å². The first-order chi connectivity index (χ1) is 18.0. The smallest absolute Gasteiger partial charge is 0.257 e. The molecule has 0 bridgehead atoms. The molecule has 2 aliphatic heterocycles. The minimum absolute atomic E-state index is 0.297. The van der Waals surface area contributed by atoms with Crippen molar-refractivity contribution >= 4 is 34.3 Å². The molecule has 5 heterocycles. The lowest BCUT2D eigenvalue weighted by atomic mass is 10.0. The highest BCUT2D eigenvalue weighted by molar-refractivity contribution is 6.05. The summed E-state index contributed by atoms with van der Waals surface area (Å²) >= 11 is 0. The number of aliphatic hydroxyl groups is 1. The summed E-state index contributed by atoms with van der Waals surface area (Å²) in [7, 11) is 0. The van der Waals surface area contributed by atoms with Crippen LogP contribution in [-0.4, -0.2) is 56.9 Å². The van der Waals surface area contributed by atoms with Gasteiger partial charge in [0.25, 0.3) is 5.91 Å². The quantitative estimate of drug-likeness (QED) is 0.379. The number of hydrogen-bond acceptors (Lipinski definition) is 7. The topological polar surface area (TPSA) is 110 Å². The number of aliphatic hydroxyl groups excluding tert-OH is 1. The molecule has 2 aliphatic rings. The number of benzene rings is 1. The Bertz CT molecular complexity index is 1460. The average Bonchev–Trinajstić information content (AvgIpc) is 3.65. The lowest BCUT2D eigenvalue weighted by Crippen LogP contribution is -2.24. The third-order valence-corrected chi connectivity index (χ3v) is 6.99. The SMILES string of the molecule is O=C(Nc1cnc2[nH]nc(N3CCC[C@@H]3c3cc(F)ccc3F)c2c1)c1ccc(N2CC[C@H](O)C2)nc1. The number of fused-ring (bicyclic) bond motifs is 1. The molecule has 0 saturated carbocycles. The van der Waals surface area contributed by atoms with Crippen LogP contribution in [0.4, 0.5) is 26.1 Å². The average molecular weight is 506 g/mol. The number of carbonyl (C=O) groups excluding carboxylic acids is 1. The maximum atomic E-state index is 14.5. The molecule has 3 N–H and O–H groups in total. The van der Waals surface area contributed by atoms with Crippen molar-refractivity contribution in [3.05, 3.63) is 71.6 Å². The van der Waals surface area contributed by atoms with Gasteiger partial charge in [-0.3, -0.25) is 9.89 Å². The highest BCUT2D eigenvalue weighted by Gasteiger charge is 2.31. The number of nitrogens with one attached hydrogen (secondary N) is 2. The van der Waals surface area contributed by atoms with Gasteiger partial charge in [0.1, 0.15) is 17.5 Å². The molecule has 6 rings (SSSR count). The Morgan fingerprint density at radius 2 is 1.97 bits per heavy atom. The van der Waals surface area contributed by atoms with Crippen LogP contribution >= 0.6 is 0 Å². The van der Waals surface area contributed by atoms with Gasteiger partial charge in [-0.2, -0.15) is 5.10 Å². The third kappa shape index (κ3) is 4.46. The molecule has 0 spiro atoms. The molecule has 4 aromatic rings. The molecule has 0 unspecified atom stereocenters. The largest absolute Gasteiger partial charge is 0.391 e. The van der Waals surface area contributed by atoms with E-state index in [-0.39, 0.29) is 18.1 Å². The molecule has 0 radical (unpaired) electrons. The Kier molecular flexibility index (Phi) is 5.91. The van der Waals surface area contributed by atoms with E-state index in [1.807, 2.05) is 9.80 Å². The molecule has 2 fully saturated rings. The highest BCUT2D eigenvalue weighted by atomic mass is 19.1. The summed E-state index contributed by atoms with van der Waals surface area (Å²) in [4.78, 5) is 25.6. The fourth-order valence-corrected chi connectivity index (χ4v) is 5.15. The minimum atomic E-state index is -0.484.